The molecule has 1 fully saturated rings. The van der Waals surface area contributed by atoms with Gasteiger partial charge in [0, 0.05) is 29.9 Å². The Morgan fingerprint density at radius 2 is 2.12 bits per heavy atom. The molecule has 96 valence electrons. The molecule has 0 saturated carbocycles. The summed E-state index contributed by atoms with van der Waals surface area (Å²) in [5.74, 6) is 2.67. The molecule has 1 aliphatic heterocycles. The largest absolute Gasteiger partial charge is 0.311 e. The first-order valence-electron chi connectivity index (χ1n) is 6.48. The molecule has 1 rings (SSSR count). The Hall–Kier alpha value is 0.270. The lowest BCUT2D eigenvalue weighted by Crippen LogP contribution is -2.49. The van der Waals surface area contributed by atoms with Crippen molar-refractivity contribution < 1.29 is 0 Å². The lowest BCUT2D eigenvalue weighted by atomic mass is 10.1. The van der Waals surface area contributed by atoms with Crippen LogP contribution in [-0.4, -0.2) is 47.6 Å². The van der Waals surface area contributed by atoms with Crippen molar-refractivity contribution in [1.29, 1.82) is 0 Å². The second-order valence-electron chi connectivity index (χ2n) is 5.88. The van der Waals surface area contributed by atoms with Gasteiger partial charge in [-0.3, -0.25) is 4.90 Å². The fourth-order valence-electron chi connectivity index (χ4n) is 2.14. The van der Waals surface area contributed by atoms with Gasteiger partial charge in [-0.05, 0) is 46.4 Å². The van der Waals surface area contributed by atoms with E-state index < -0.39 is 0 Å². The summed E-state index contributed by atoms with van der Waals surface area (Å²) in [5, 5.41) is 3.63. The number of rotatable bonds is 5. The molecule has 0 amide bonds. The second kappa shape index (κ2) is 6.27. The highest BCUT2D eigenvalue weighted by atomic mass is 32.2. The van der Waals surface area contributed by atoms with E-state index in [1.54, 1.807) is 0 Å². The number of hydrogen-bond acceptors (Lipinski definition) is 3. The summed E-state index contributed by atoms with van der Waals surface area (Å²) in [6.07, 6.45) is 2.61. The lowest BCUT2D eigenvalue weighted by Gasteiger charge is -2.34. The number of nitrogens with one attached hydrogen (secondary N) is 1. The van der Waals surface area contributed by atoms with Crippen molar-refractivity contribution in [3.8, 4) is 0 Å². The Morgan fingerprint density at radius 1 is 1.44 bits per heavy atom. The average Bonchev–Trinajstić information content (AvgIpc) is 2.69. The van der Waals surface area contributed by atoms with E-state index in [0.717, 1.165) is 12.6 Å². The normalized spacial score (nSPS) is 24.0. The molecule has 2 nitrogen and oxygen atoms in total. The van der Waals surface area contributed by atoms with Crippen LogP contribution < -0.4 is 5.32 Å². The zero-order valence-electron chi connectivity index (χ0n) is 11.5. The molecule has 0 spiro atoms. The molecule has 2 unspecified atom stereocenters. The van der Waals surface area contributed by atoms with Gasteiger partial charge in [0.05, 0.1) is 0 Å². The van der Waals surface area contributed by atoms with Crippen LogP contribution in [-0.2, 0) is 0 Å². The van der Waals surface area contributed by atoms with Gasteiger partial charge in [-0.1, -0.05) is 6.92 Å². The molecule has 0 radical (unpaired) electrons. The number of likely N-dealkylation sites (N-methyl/N-ethyl adjacent to an activating group) is 1. The second-order valence-corrected chi connectivity index (χ2v) is 7.03. The Kier molecular flexibility index (Phi) is 5.62. The topological polar surface area (TPSA) is 15.3 Å². The standard InChI is InChI=1S/C13H28N2S/c1-6-11(9-14-13(2,3)4)15(5)12-7-8-16-10-12/h11-12,14H,6-10H2,1-5H3. The molecule has 1 aliphatic rings. The average molecular weight is 244 g/mol. The minimum Gasteiger partial charge on any atom is -0.311 e. The molecule has 0 aromatic heterocycles. The van der Waals surface area contributed by atoms with Gasteiger partial charge < -0.3 is 5.32 Å². The van der Waals surface area contributed by atoms with E-state index in [1.165, 1.54) is 24.3 Å². The molecule has 3 heteroatoms. The van der Waals surface area contributed by atoms with Crippen molar-refractivity contribution in [2.75, 3.05) is 25.1 Å². The maximum atomic E-state index is 3.63. The lowest BCUT2D eigenvalue weighted by molar-refractivity contribution is 0.170. The molecular weight excluding hydrogens is 216 g/mol. The van der Waals surface area contributed by atoms with Crippen molar-refractivity contribution >= 4 is 11.8 Å². The predicted octanol–water partition coefficient (Wildman–Crippen LogP) is 2.59. The summed E-state index contributed by atoms with van der Waals surface area (Å²) in [5.41, 5.74) is 0.235. The van der Waals surface area contributed by atoms with E-state index >= 15 is 0 Å². The van der Waals surface area contributed by atoms with E-state index in [4.69, 9.17) is 0 Å². The van der Waals surface area contributed by atoms with Crippen molar-refractivity contribution in [1.82, 2.24) is 10.2 Å². The van der Waals surface area contributed by atoms with Gasteiger partial charge in [-0.25, -0.2) is 0 Å². The van der Waals surface area contributed by atoms with Gasteiger partial charge in [-0.2, -0.15) is 11.8 Å². The summed E-state index contributed by atoms with van der Waals surface area (Å²) < 4.78 is 0. The van der Waals surface area contributed by atoms with Crippen LogP contribution in [0, 0.1) is 0 Å². The molecule has 1 heterocycles. The first kappa shape index (κ1) is 14.3. The summed E-state index contributed by atoms with van der Waals surface area (Å²) in [6.45, 7) is 10.1. The summed E-state index contributed by atoms with van der Waals surface area (Å²) in [7, 11) is 2.30. The third kappa shape index (κ3) is 4.64. The highest BCUT2D eigenvalue weighted by molar-refractivity contribution is 7.99. The Balaban J connectivity index is 2.40. The summed E-state index contributed by atoms with van der Waals surface area (Å²) in [4.78, 5) is 2.60. The van der Waals surface area contributed by atoms with Crippen LogP contribution in [0.2, 0.25) is 0 Å². The van der Waals surface area contributed by atoms with Crippen LogP contribution in [0.1, 0.15) is 40.5 Å². The molecule has 16 heavy (non-hydrogen) atoms. The Labute approximate surface area is 106 Å². The minimum absolute atomic E-state index is 0.235. The van der Waals surface area contributed by atoms with Gasteiger partial charge in [0.2, 0.25) is 0 Å². The van der Waals surface area contributed by atoms with Crippen LogP contribution in [0.15, 0.2) is 0 Å². The van der Waals surface area contributed by atoms with Gasteiger partial charge in [0.15, 0.2) is 0 Å². The third-order valence-corrected chi connectivity index (χ3v) is 4.54. The maximum absolute atomic E-state index is 3.63. The summed E-state index contributed by atoms with van der Waals surface area (Å²) in [6, 6.07) is 1.49. The maximum Gasteiger partial charge on any atom is 0.0218 e. The van der Waals surface area contributed by atoms with Crippen LogP contribution >= 0.6 is 11.8 Å². The quantitative estimate of drug-likeness (QED) is 0.800. The predicted molar refractivity (Wildman–Crippen MR) is 75.3 cm³/mol. The molecule has 0 aliphatic carbocycles. The fourth-order valence-corrected chi connectivity index (χ4v) is 3.42. The van der Waals surface area contributed by atoms with Crippen molar-refractivity contribution in [3.05, 3.63) is 0 Å². The van der Waals surface area contributed by atoms with E-state index in [2.05, 4.69) is 56.7 Å². The number of nitrogens with zero attached hydrogens (tertiary/aromatic N) is 1. The van der Waals surface area contributed by atoms with E-state index in [9.17, 15) is 0 Å². The molecule has 0 aromatic carbocycles. The zero-order valence-corrected chi connectivity index (χ0v) is 12.4. The molecule has 0 bridgehead atoms. The number of hydrogen-bond donors (Lipinski definition) is 1. The zero-order chi connectivity index (χ0) is 12.2. The van der Waals surface area contributed by atoms with Crippen molar-refractivity contribution in [3.63, 3.8) is 0 Å². The Bertz CT molecular complexity index is 195. The smallest absolute Gasteiger partial charge is 0.0218 e. The summed E-state index contributed by atoms with van der Waals surface area (Å²) >= 11 is 2.10. The van der Waals surface area contributed by atoms with Crippen LogP contribution in [0.4, 0.5) is 0 Å². The van der Waals surface area contributed by atoms with Gasteiger partial charge in [0.25, 0.3) is 0 Å². The highest BCUT2D eigenvalue weighted by Crippen LogP contribution is 2.23. The SMILES string of the molecule is CCC(CNC(C)(C)C)N(C)C1CCSC1. The van der Waals surface area contributed by atoms with Gasteiger partial charge in [-0.15, -0.1) is 0 Å². The molecule has 1 saturated heterocycles. The molecule has 0 aromatic rings. The minimum atomic E-state index is 0.235. The third-order valence-electron chi connectivity index (χ3n) is 3.40. The first-order valence-corrected chi connectivity index (χ1v) is 7.64. The molecular formula is C13H28N2S. The molecule has 1 N–H and O–H groups in total. The van der Waals surface area contributed by atoms with Crippen molar-refractivity contribution in [2.45, 2.75) is 58.2 Å². The fraction of sp³-hybridized carbons (Fsp3) is 1.00. The monoisotopic (exact) mass is 244 g/mol. The molecule has 2 atom stereocenters. The number of thioether (sulfide) groups is 1. The van der Waals surface area contributed by atoms with Crippen LogP contribution in [0.3, 0.4) is 0 Å². The first-order chi connectivity index (χ1) is 7.44. The van der Waals surface area contributed by atoms with Crippen LogP contribution in [0.5, 0.6) is 0 Å². The van der Waals surface area contributed by atoms with E-state index in [0.29, 0.717) is 6.04 Å². The van der Waals surface area contributed by atoms with Gasteiger partial charge in [0.1, 0.15) is 0 Å². The van der Waals surface area contributed by atoms with Crippen LogP contribution in [0.25, 0.3) is 0 Å². The van der Waals surface area contributed by atoms with E-state index in [1.807, 2.05) is 0 Å². The van der Waals surface area contributed by atoms with Gasteiger partial charge >= 0.3 is 0 Å². The van der Waals surface area contributed by atoms with E-state index in [-0.39, 0.29) is 5.54 Å². The van der Waals surface area contributed by atoms with Crippen molar-refractivity contribution in [2.24, 2.45) is 0 Å². The Morgan fingerprint density at radius 3 is 2.56 bits per heavy atom. The highest BCUT2D eigenvalue weighted by Gasteiger charge is 2.25.